The van der Waals surface area contributed by atoms with E-state index in [1.165, 1.54) is 28.7 Å². The zero-order valence-corrected chi connectivity index (χ0v) is 17.9. The summed E-state index contributed by atoms with van der Waals surface area (Å²) in [6, 6.07) is 15.8. The van der Waals surface area contributed by atoms with E-state index in [4.69, 9.17) is 4.74 Å². The molecule has 1 N–H and O–H groups in total. The van der Waals surface area contributed by atoms with E-state index in [9.17, 15) is 4.79 Å². The van der Waals surface area contributed by atoms with Crippen LogP contribution in [0.1, 0.15) is 11.3 Å². The maximum Gasteiger partial charge on any atom is 0.235 e. The average molecular weight is 425 g/mol. The van der Waals surface area contributed by atoms with Gasteiger partial charge in [0.15, 0.2) is 0 Å². The number of carbonyl (C=O) groups is 1. The topological polar surface area (TPSA) is 69.0 Å². The molecule has 0 radical (unpaired) electrons. The molecule has 1 amide bonds. The third-order valence-electron chi connectivity index (χ3n) is 4.25. The van der Waals surface area contributed by atoms with E-state index in [1.54, 1.807) is 11.8 Å². The minimum absolute atomic E-state index is 0.0838. The quantitative estimate of drug-likeness (QED) is 0.449. The Balaban J connectivity index is 1.52. The van der Waals surface area contributed by atoms with E-state index in [1.807, 2.05) is 62.4 Å². The summed E-state index contributed by atoms with van der Waals surface area (Å²) in [7, 11) is 1.63. The molecule has 29 heavy (non-hydrogen) atoms. The van der Waals surface area contributed by atoms with Crippen LogP contribution < -0.4 is 10.1 Å². The molecule has 148 valence electrons. The first-order chi connectivity index (χ1) is 14.0. The molecular weight excluding hydrogens is 404 g/mol. The number of hydrogen-bond donors (Lipinski definition) is 1. The minimum atomic E-state index is -0.0838. The van der Waals surface area contributed by atoms with Crippen molar-refractivity contribution >= 4 is 45.0 Å². The summed E-state index contributed by atoms with van der Waals surface area (Å²) in [4.78, 5) is 18.2. The number of aryl methyl sites for hydroxylation is 2. The molecule has 8 heteroatoms. The van der Waals surface area contributed by atoms with Gasteiger partial charge in [0.05, 0.1) is 28.8 Å². The molecule has 4 rings (SSSR count). The van der Waals surface area contributed by atoms with Gasteiger partial charge in [0.25, 0.3) is 0 Å². The highest BCUT2D eigenvalue weighted by atomic mass is 32.2. The number of ether oxygens (including phenoxy) is 1. The summed E-state index contributed by atoms with van der Waals surface area (Å²) in [6.07, 6.45) is 0. The molecule has 2 aromatic carbocycles. The first-order valence-corrected chi connectivity index (χ1v) is 10.8. The van der Waals surface area contributed by atoms with Crippen LogP contribution >= 0.6 is 23.1 Å². The summed E-state index contributed by atoms with van der Waals surface area (Å²) in [5.74, 6) is 1.61. The molecule has 0 aliphatic rings. The van der Waals surface area contributed by atoms with E-state index >= 15 is 0 Å². The normalized spacial score (nSPS) is 11.0. The van der Waals surface area contributed by atoms with Crippen molar-refractivity contribution in [2.24, 2.45) is 0 Å². The van der Waals surface area contributed by atoms with E-state index in [0.29, 0.717) is 16.7 Å². The van der Waals surface area contributed by atoms with E-state index in [2.05, 4.69) is 15.4 Å². The lowest BCUT2D eigenvalue weighted by atomic mass is 10.2. The zero-order chi connectivity index (χ0) is 20.4. The fraction of sp³-hybridized carbons (Fsp3) is 0.190. The van der Waals surface area contributed by atoms with Crippen LogP contribution in [0.15, 0.2) is 53.4 Å². The van der Waals surface area contributed by atoms with Gasteiger partial charge in [-0.05, 0) is 38.1 Å². The lowest BCUT2D eigenvalue weighted by molar-refractivity contribution is -0.113. The van der Waals surface area contributed by atoms with Crippen LogP contribution in [0.3, 0.4) is 0 Å². The molecule has 6 nitrogen and oxygen atoms in total. The molecule has 0 unspecified atom stereocenters. The minimum Gasteiger partial charge on any atom is -0.497 e. The maximum atomic E-state index is 12.5. The van der Waals surface area contributed by atoms with Gasteiger partial charge >= 0.3 is 0 Å². The second-order valence-electron chi connectivity index (χ2n) is 6.56. The van der Waals surface area contributed by atoms with Gasteiger partial charge in [-0.3, -0.25) is 4.79 Å². The number of carbonyl (C=O) groups excluding carboxylic acids is 1. The van der Waals surface area contributed by atoms with Crippen molar-refractivity contribution in [1.82, 2.24) is 14.8 Å². The van der Waals surface area contributed by atoms with Gasteiger partial charge in [-0.15, -0.1) is 11.8 Å². The largest absolute Gasteiger partial charge is 0.497 e. The van der Waals surface area contributed by atoms with Crippen LogP contribution in [0.25, 0.3) is 15.3 Å². The Morgan fingerprint density at radius 3 is 2.72 bits per heavy atom. The monoisotopic (exact) mass is 424 g/mol. The zero-order valence-electron chi connectivity index (χ0n) is 16.3. The van der Waals surface area contributed by atoms with Gasteiger partial charge in [-0.2, -0.15) is 9.78 Å². The standard InChI is InChI=1S/C21H20N4O2S2/c1-13-4-7-16(8-5-13)28-12-20(26)23-19-10-14(2)24-25(19)21-22-17-11-15(27-3)6-9-18(17)29-21/h4-11H,12H2,1-3H3,(H,23,26). The van der Waals surface area contributed by atoms with Gasteiger partial charge in [-0.1, -0.05) is 29.0 Å². The summed E-state index contributed by atoms with van der Waals surface area (Å²) in [5, 5.41) is 8.17. The van der Waals surface area contributed by atoms with Crippen molar-refractivity contribution in [1.29, 1.82) is 0 Å². The lowest BCUT2D eigenvalue weighted by Crippen LogP contribution is -2.16. The van der Waals surface area contributed by atoms with Crippen LogP contribution in [-0.4, -0.2) is 33.5 Å². The van der Waals surface area contributed by atoms with Crippen molar-refractivity contribution in [3.8, 4) is 10.9 Å². The first kappa shape index (κ1) is 19.5. The molecule has 0 fully saturated rings. The van der Waals surface area contributed by atoms with Gasteiger partial charge in [0.2, 0.25) is 11.0 Å². The Bertz CT molecular complexity index is 1170. The van der Waals surface area contributed by atoms with Crippen LogP contribution in [0.4, 0.5) is 5.82 Å². The second kappa shape index (κ2) is 8.26. The molecule has 2 heterocycles. The Kier molecular flexibility index (Phi) is 5.55. The number of rotatable bonds is 6. The number of amides is 1. The third kappa shape index (κ3) is 4.44. The van der Waals surface area contributed by atoms with E-state index in [0.717, 1.165) is 26.6 Å². The van der Waals surface area contributed by atoms with Crippen molar-refractivity contribution in [3.05, 3.63) is 59.8 Å². The first-order valence-electron chi connectivity index (χ1n) is 9.03. The molecule has 4 aromatic rings. The Labute approximate surface area is 176 Å². The van der Waals surface area contributed by atoms with Crippen molar-refractivity contribution < 1.29 is 9.53 Å². The number of fused-ring (bicyclic) bond motifs is 1. The predicted octanol–water partition coefficient (Wildman–Crippen LogP) is 4.84. The number of aromatic nitrogens is 3. The van der Waals surface area contributed by atoms with Crippen LogP contribution in [-0.2, 0) is 4.79 Å². The predicted molar refractivity (Wildman–Crippen MR) is 119 cm³/mol. The maximum absolute atomic E-state index is 12.5. The van der Waals surface area contributed by atoms with Crippen LogP contribution in [0.2, 0.25) is 0 Å². The SMILES string of the molecule is COc1ccc2sc(-n3nc(C)cc3NC(=O)CSc3ccc(C)cc3)nc2c1. The summed E-state index contributed by atoms with van der Waals surface area (Å²) >= 11 is 3.02. The number of nitrogens with zero attached hydrogens (tertiary/aromatic N) is 3. The lowest BCUT2D eigenvalue weighted by Gasteiger charge is -2.06. The highest BCUT2D eigenvalue weighted by Crippen LogP contribution is 2.30. The Morgan fingerprint density at radius 2 is 1.97 bits per heavy atom. The molecule has 0 saturated heterocycles. The molecule has 0 bridgehead atoms. The summed E-state index contributed by atoms with van der Waals surface area (Å²) < 4.78 is 7.98. The van der Waals surface area contributed by atoms with E-state index in [-0.39, 0.29) is 5.91 Å². The highest BCUT2D eigenvalue weighted by Gasteiger charge is 2.15. The molecule has 0 aliphatic heterocycles. The highest BCUT2D eigenvalue weighted by molar-refractivity contribution is 8.00. The average Bonchev–Trinajstić information content (AvgIpc) is 3.29. The number of methoxy groups -OCH3 is 1. The Morgan fingerprint density at radius 1 is 1.17 bits per heavy atom. The van der Waals surface area contributed by atoms with Gasteiger partial charge in [0, 0.05) is 17.0 Å². The Hall–Kier alpha value is -2.84. The molecular formula is C21H20N4O2S2. The summed E-state index contributed by atoms with van der Waals surface area (Å²) in [5.41, 5.74) is 2.85. The number of thioether (sulfide) groups is 1. The van der Waals surface area contributed by atoms with Crippen LogP contribution in [0.5, 0.6) is 5.75 Å². The molecule has 0 saturated carbocycles. The summed E-state index contributed by atoms with van der Waals surface area (Å²) in [6.45, 7) is 3.94. The van der Waals surface area contributed by atoms with Crippen molar-refractivity contribution in [2.75, 3.05) is 18.2 Å². The number of thiazole rings is 1. The fourth-order valence-electron chi connectivity index (χ4n) is 2.81. The van der Waals surface area contributed by atoms with Gasteiger partial charge in [0.1, 0.15) is 11.6 Å². The smallest absolute Gasteiger partial charge is 0.235 e. The van der Waals surface area contributed by atoms with Crippen molar-refractivity contribution in [3.63, 3.8) is 0 Å². The number of benzene rings is 2. The number of anilines is 1. The number of nitrogens with one attached hydrogen (secondary N) is 1. The van der Waals surface area contributed by atoms with Gasteiger partial charge in [-0.25, -0.2) is 4.98 Å². The number of hydrogen-bond acceptors (Lipinski definition) is 6. The fourth-order valence-corrected chi connectivity index (χ4v) is 4.42. The molecule has 2 aromatic heterocycles. The van der Waals surface area contributed by atoms with Gasteiger partial charge < -0.3 is 10.1 Å². The second-order valence-corrected chi connectivity index (χ2v) is 8.62. The molecule has 0 atom stereocenters. The molecule has 0 aliphatic carbocycles. The van der Waals surface area contributed by atoms with E-state index < -0.39 is 0 Å². The molecule has 0 spiro atoms. The van der Waals surface area contributed by atoms with Crippen LogP contribution in [0, 0.1) is 13.8 Å². The third-order valence-corrected chi connectivity index (χ3v) is 6.28. The van der Waals surface area contributed by atoms with Crippen molar-refractivity contribution in [2.45, 2.75) is 18.7 Å².